The second-order valence-electron chi connectivity index (χ2n) is 7.08. The molecule has 1 atom stereocenters. The molecule has 0 amide bonds. The number of alkyl halides is 3. The molecule has 1 fully saturated rings. The van der Waals surface area contributed by atoms with Crippen LogP contribution in [0.4, 0.5) is 17.6 Å². The zero-order valence-corrected chi connectivity index (χ0v) is 17.2. The van der Waals surface area contributed by atoms with Crippen molar-refractivity contribution in [1.29, 1.82) is 0 Å². The van der Waals surface area contributed by atoms with Gasteiger partial charge in [-0.2, -0.15) is 17.5 Å². The van der Waals surface area contributed by atoms with Crippen LogP contribution in [-0.2, 0) is 27.6 Å². The first kappa shape index (κ1) is 23.9. The predicted octanol–water partition coefficient (Wildman–Crippen LogP) is 2.77. The van der Waals surface area contributed by atoms with E-state index >= 15 is 0 Å². The molecule has 1 aromatic carbocycles. The van der Waals surface area contributed by atoms with Crippen LogP contribution in [0.15, 0.2) is 41.4 Å². The number of ether oxygens (including phenoxy) is 1. The van der Waals surface area contributed by atoms with Crippen LogP contribution < -0.4 is 4.74 Å². The number of piperidine rings is 1. The summed E-state index contributed by atoms with van der Waals surface area (Å²) in [6, 6.07) is 4.00. The van der Waals surface area contributed by atoms with E-state index in [-0.39, 0.29) is 18.8 Å². The van der Waals surface area contributed by atoms with Gasteiger partial charge in [0.05, 0.1) is 11.8 Å². The Bertz CT molecular complexity index is 1110. The lowest BCUT2D eigenvalue weighted by Gasteiger charge is -2.38. The maximum absolute atomic E-state index is 13.4. The summed E-state index contributed by atoms with van der Waals surface area (Å²) in [6.07, 6.45) is -3.52. The number of hydrogen-bond donors (Lipinski definition) is 2. The highest BCUT2D eigenvalue weighted by Crippen LogP contribution is 2.34. The number of carbonyl (C=O) groups is 1. The molecule has 0 bridgehead atoms. The Morgan fingerprint density at radius 3 is 2.53 bits per heavy atom. The van der Waals surface area contributed by atoms with Crippen LogP contribution in [-0.4, -0.2) is 46.2 Å². The molecule has 1 aliphatic heterocycles. The number of halogens is 4. The van der Waals surface area contributed by atoms with Gasteiger partial charge in [-0.3, -0.25) is 0 Å². The number of aliphatic carboxylic acids is 1. The Morgan fingerprint density at radius 2 is 1.94 bits per heavy atom. The van der Waals surface area contributed by atoms with Crippen LogP contribution in [0, 0.1) is 5.82 Å². The van der Waals surface area contributed by atoms with Gasteiger partial charge < -0.3 is 14.9 Å². The Hall–Kier alpha value is -2.77. The molecule has 2 N–H and O–H groups in total. The van der Waals surface area contributed by atoms with Gasteiger partial charge in [0.2, 0.25) is 21.6 Å². The summed E-state index contributed by atoms with van der Waals surface area (Å²) in [7, 11) is -4.44. The maximum atomic E-state index is 13.4. The molecule has 0 radical (unpaired) electrons. The summed E-state index contributed by atoms with van der Waals surface area (Å²) in [6.45, 7) is -0.903. The van der Waals surface area contributed by atoms with E-state index in [2.05, 4.69) is 4.98 Å². The van der Waals surface area contributed by atoms with Crippen molar-refractivity contribution in [3.63, 3.8) is 0 Å². The topological polar surface area (TPSA) is 117 Å². The number of nitrogens with zero attached hydrogens (tertiary/aromatic N) is 2. The molecule has 0 aliphatic carbocycles. The molecule has 2 heterocycles. The molecule has 13 heteroatoms. The van der Waals surface area contributed by atoms with Crippen molar-refractivity contribution < 1.29 is 45.7 Å². The summed E-state index contributed by atoms with van der Waals surface area (Å²) in [5.41, 5.74) is -4.16. The molecule has 8 nitrogen and oxygen atoms in total. The van der Waals surface area contributed by atoms with E-state index in [0.29, 0.717) is 35.3 Å². The SMILES string of the molecule is O=C(O)C1(O)CCCCN1S(=O)(=O)c1ccc(OCc2cc(F)ccc2C(F)(F)F)nc1. The predicted molar refractivity (Wildman–Crippen MR) is 100 cm³/mol. The second kappa shape index (κ2) is 8.64. The van der Waals surface area contributed by atoms with Crippen molar-refractivity contribution in [1.82, 2.24) is 9.29 Å². The molecule has 3 rings (SSSR count). The number of sulfonamides is 1. The summed E-state index contributed by atoms with van der Waals surface area (Å²) >= 11 is 0. The lowest BCUT2D eigenvalue weighted by atomic mass is 10.0. The van der Waals surface area contributed by atoms with Gasteiger partial charge >= 0.3 is 12.1 Å². The average molecular weight is 478 g/mol. The number of pyridine rings is 1. The van der Waals surface area contributed by atoms with Crippen LogP contribution in [0.3, 0.4) is 0 Å². The van der Waals surface area contributed by atoms with Crippen LogP contribution in [0.2, 0.25) is 0 Å². The number of carboxylic acid groups (broad SMARTS) is 1. The largest absolute Gasteiger partial charge is 0.478 e. The monoisotopic (exact) mass is 478 g/mol. The minimum atomic E-state index is -4.73. The second-order valence-corrected chi connectivity index (χ2v) is 8.94. The van der Waals surface area contributed by atoms with Gasteiger partial charge in [0, 0.05) is 24.6 Å². The number of carboxylic acids is 1. The van der Waals surface area contributed by atoms with Gasteiger partial charge in [-0.05, 0) is 37.1 Å². The minimum Gasteiger partial charge on any atom is -0.478 e. The highest BCUT2D eigenvalue weighted by Gasteiger charge is 2.50. The van der Waals surface area contributed by atoms with E-state index < -0.39 is 56.3 Å². The number of rotatable bonds is 6. The lowest BCUT2D eigenvalue weighted by molar-refractivity contribution is -0.177. The molecular weight excluding hydrogens is 460 g/mol. The normalized spacial score (nSPS) is 20.2. The Kier molecular flexibility index (Phi) is 6.45. The molecule has 1 saturated heterocycles. The molecule has 0 saturated carbocycles. The lowest BCUT2D eigenvalue weighted by Crippen LogP contribution is -2.59. The summed E-state index contributed by atoms with van der Waals surface area (Å²) in [5.74, 6) is -2.84. The highest BCUT2D eigenvalue weighted by atomic mass is 32.2. The first-order valence-corrected chi connectivity index (χ1v) is 10.7. The Labute approximate surface area is 180 Å². The van der Waals surface area contributed by atoms with Gasteiger partial charge in [-0.1, -0.05) is 0 Å². The third-order valence-corrected chi connectivity index (χ3v) is 6.84. The van der Waals surface area contributed by atoms with Crippen LogP contribution in [0.1, 0.15) is 30.4 Å². The standard InChI is InChI=1S/C19H18F4N2O6S/c20-13-3-5-15(19(21,22)23)12(9-13)11-31-16-6-4-14(10-24-16)32(29,30)25-8-2-1-7-18(25,28)17(26)27/h3-6,9-10,28H,1-2,7-8,11H2,(H,26,27). The van der Waals surface area contributed by atoms with Gasteiger partial charge in [-0.25, -0.2) is 22.6 Å². The quantitative estimate of drug-likeness (QED) is 0.613. The number of aromatic nitrogens is 1. The van der Waals surface area contributed by atoms with Gasteiger partial charge in [-0.15, -0.1) is 0 Å². The summed E-state index contributed by atoms with van der Waals surface area (Å²) in [5, 5.41) is 19.7. The van der Waals surface area contributed by atoms with Crippen molar-refractivity contribution in [3.05, 3.63) is 53.5 Å². The van der Waals surface area contributed by atoms with Crippen molar-refractivity contribution in [2.45, 2.75) is 42.7 Å². The van der Waals surface area contributed by atoms with Crippen LogP contribution in [0.5, 0.6) is 5.88 Å². The third-order valence-electron chi connectivity index (χ3n) is 4.94. The fourth-order valence-corrected chi connectivity index (χ4v) is 4.93. The van der Waals surface area contributed by atoms with Gasteiger partial charge in [0.25, 0.3) is 0 Å². The van der Waals surface area contributed by atoms with Crippen molar-refractivity contribution in [2.75, 3.05) is 6.54 Å². The molecular formula is C19H18F4N2O6S. The fraction of sp³-hybridized carbons (Fsp3) is 0.368. The zero-order valence-electron chi connectivity index (χ0n) is 16.3. The van der Waals surface area contributed by atoms with E-state index in [1.54, 1.807) is 0 Å². The van der Waals surface area contributed by atoms with E-state index in [4.69, 9.17) is 4.74 Å². The molecule has 1 aromatic heterocycles. The van der Waals surface area contributed by atoms with E-state index in [9.17, 15) is 41.0 Å². The molecule has 2 aromatic rings. The fourth-order valence-electron chi connectivity index (χ4n) is 3.31. The van der Waals surface area contributed by atoms with Gasteiger partial charge in [0.15, 0.2) is 0 Å². The van der Waals surface area contributed by atoms with Crippen LogP contribution >= 0.6 is 0 Å². The maximum Gasteiger partial charge on any atom is 0.416 e. The first-order chi connectivity index (χ1) is 14.9. The van der Waals surface area contributed by atoms with E-state index in [1.165, 1.54) is 0 Å². The summed E-state index contributed by atoms with van der Waals surface area (Å²) < 4.78 is 83.9. The molecule has 1 unspecified atom stereocenters. The molecule has 1 aliphatic rings. The molecule has 174 valence electrons. The zero-order chi connectivity index (χ0) is 23.7. The van der Waals surface area contributed by atoms with E-state index in [1.807, 2.05) is 0 Å². The smallest absolute Gasteiger partial charge is 0.416 e. The number of aliphatic hydroxyl groups is 1. The van der Waals surface area contributed by atoms with Crippen molar-refractivity contribution in [2.24, 2.45) is 0 Å². The van der Waals surface area contributed by atoms with E-state index in [0.717, 1.165) is 18.3 Å². The average Bonchev–Trinajstić information content (AvgIpc) is 2.71. The summed E-state index contributed by atoms with van der Waals surface area (Å²) in [4.78, 5) is 14.8. The highest BCUT2D eigenvalue weighted by molar-refractivity contribution is 7.89. The van der Waals surface area contributed by atoms with Crippen molar-refractivity contribution >= 4 is 16.0 Å². The number of benzene rings is 1. The van der Waals surface area contributed by atoms with Crippen LogP contribution in [0.25, 0.3) is 0 Å². The Balaban J connectivity index is 1.80. The van der Waals surface area contributed by atoms with Crippen molar-refractivity contribution in [3.8, 4) is 5.88 Å². The molecule has 0 spiro atoms. The molecule has 32 heavy (non-hydrogen) atoms. The minimum absolute atomic E-state index is 0.219. The van der Waals surface area contributed by atoms with Gasteiger partial charge in [0.1, 0.15) is 17.3 Å². The number of hydrogen-bond acceptors (Lipinski definition) is 6. The first-order valence-electron chi connectivity index (χ1n) is 9.29. The third kappa shape index (κ3) is 4.69. The Morgan fingerprint density at radius 1 is 1.22 bits per heavy atom.